The number of carbonyl (C=O) groups excluding carboxylic acids is 1. The quantitative estimate of drug-likeness (QED) is 0.330. The molecule has 0 aromatic heterocycles. The first-order chi connectivity index (χ1) is 16.0. The van der Waals surface area contributed by atoms with Crippen molar-refractivity contribution in [3.63, 3.8) is 0 Å². The maximum atomic E-state index is 16.0. The van der Waals surface area contributed by atoms with Crippen molar-refractivity contribution in [1.82, 2.24) is 4.72 Å². The average Bonchev–Trinajstić information content (AvgIpc) is 2.67. The Labute approximate surface area is 204 Å². The summed E-state index contributed by atoms with van der Waals surface area (Å²) in [5.74, 6) is -4.04. The molecule has 0 aliphatic rings. The normalized spacial score (nSPS) is 14.1. The number of benzene rings is 2. The molecule has 35 heavy (non-hydrogen) atoms. The molecule has 0 amide bonds. The molecule has 0 aliphatic heterocycles. The van der Waals surface area contributed by atoms with E-state index in [0.29, 0.717) is 17.2 Å². The van der Waals surface area contributed by atoms with E-state index in [1.165, 1.54) is 6.92 Å². The Kier molecular flexibility index (Phi) is 8.87. The smallest absolute Gasteiger partial charge is 0.419 e. The number of ether oxygens (including phenoxy) is 1. The van der Waals surface area contributed by atoms with Gasteiger partial charge in [0.2, 0.25) is 0 Å². The summed E-state index contributed by atoms with van der Waals surface area (Å²) in [4.78, 5) is 12.2. The van der Waals surface area contributed by atoms with Gasteiger partial charge in [-0.2, -0.15) is 13.2 Å². The number of carbonyl (C=O) groups is 1. The number of aryl methyl sites for hydroxylation is 3. The Morgan fingerprint density at radius 2 is 1.57 bits per heavy atom. The van der Waals surface area contributed by atoms with Crippen LogP contribution < -0.4 is 4.72 Å². The Morgan fingerprint density at radius 1 is 1.03 bits per heavy atom. The zero-order chi connectivity index (χ0) is 26.9. The van der Waals surface area contributed by atoms with E-state index in [1.54, 1.807) is 53.7 Å². The highest BCUT2D eigenvalue weighted by Gasteiger charge is 2.40. The Morgan fingerprint density at radius 3 is 2.03 bits per heavy atom. The van der Waals surface area contributed by atoms with Gasteiger partial charge in [-0.25, -0.2) is 17.7 Å². The lowest BCUT2D eigenvalue weighted by Crippen LogP contribution is -2.37. The van der Waals surface area contributed by atoms with Crippen molar-refractivity contribution < 1.29 is 35.7 Å². The van der Waals surface area contributed by atoms with E-state index in [0.717, 1.165) is 5.56 Å². The molecular formula is C25H30F5NO3S. The molecule has 2 rings (SSSR count). The van der Waals surface area contributed by atoms with E-state index >= 15 is 8.78 Å². The molecule has 0 aliphatic carbocycles. The van der Waals surface area contributed by atoms with Gasteiger partial charge < -0.3 is 4.74 Å². The van der Waals surface area contributed by atoms with Crippen molar-refractivity contribution in [1.29, 1.82) is 0 Å². The van der Waals surface area contributed by atoms with Crippen molar-refractivity contribution in [3.05, 3.63) is 57.7 Å². The van der Waals surface area contributed by atoms with Gasteiger partial charge in [0.25, 0.3) is 0 Å². The molecule has 0 spiro atoms. The van der Waals surface area contributed by atoms with Gasteiger partial charge in [0.1, 0.15) is 11.6 Å². The fourth-order valence-electron chi connectivity index (χ4n) is 3.85. The second-order valence-corrected chi connectivity index (χ2v) is 11.3. The fraction of sp³-hybridized carbons (Fsp3) is 0.480. The molecule has 194 valence electrons. The molecule has 2 aromatic rings. The summed E-state index contributed by atoms with van der Waals surface area (Å²) >= 11 is 0. The highest BCUT2D eigenvalue weighted by Crippen LogP contribution is 2.42. The third-order valence-corrected chi connectivity index (χ3v) is 6.93. The predicted molar refractivity (Wildman–Crippen MR) is 126 cm³/mol. The monoisotopic (exact) mass is 519 g/mol. The van der Waals surface area contributed by atoms with Crippen molar-refractivity contribution in [2.24, 2.45) is 0 Å². The van der Waals surface area contributed by atoms with Crippen LogP contribution in [-0.2, 0) is 26.7 Å². The van der Waals surface area contributed by atoms with Crippen LogP contribution in [0.4, 0.5) is 22.0 Å². The number of esters is 1. The third-order valence-electron chi connectivity index (χ3n) is 5.32. The third kappa shape index (κ3) is 6.67. The summed E-state index contributed by atoms with van der Waals surface area (Å²) in [6, 6.07) is 2.13. The van der Waals surface area contributed by atoms with Crippen LogP contribution in [0.25, 0.3) is 11.1 Å². The van der Waals surface area contributed by atoms with Crippen molar-refractivity contribution >= 4 is 17.0 Å². The summed E-state index contributed by atoms with van der Waals surface area (Å²) in [6.07, 6.45) is -5.87. The molecule has 10 heteroatoms. The lowest BCUT2D eigenvalue weighted by atomic mass is 9.88. The fourth-order valence-corrected chi connectivity index (χ4v) is 4.66. The SMILES string of the molecule is CCOC(=O)C[C@H](N[S@](=O)C(C)(C)C)c1c(F)c(-c2c(C)cc(C)cc2C)cc(C(F)(F)F)c1F. The van der Waals surface area contributed by atoms with Crippen molar-refractivity contribution in [2.45, 2.75) is 71.9 Å². The molecule has 2 aromatic carbocycles. The van der Waals surface area contributed by atoms with E-state index < -0.39 is 68.7 Å². The zero-order valence-corrected chi connectivity index (χ0v) is 21.6. The van der Waals surface area contributed by atoms with Crippen LogP contribution in [0.5, 0.6) is 0 Å². The highest BCUT2D eigenvalue weighted by molar-refractivity contribution is 7.84. The summed E-state index contributed by atoms with van der Waals surface area (Å²) in [5, 5.41) is 0. The molecule has 0 fully saturated rings. The maximum Gasteiger partial charge on any atom is 0.419 e. The summed E-state index contributed by atoms with van der Waals surface area (Å²) in [6.45, 7) is 11.2. The van der Waals surface area contributed by atoms with Crippen LogP contribution in [-0.4, -0.2) is 21.5 Å². The van der Waals surface area contributed by atoms with Crippen LogP contribution in [0.3, 0.4) is 0 Å². The highest BCUT2D eigenvalue weighted by atomic mass is 32.2. The minimum Gasteiger partial charge on any atom is -0.466 e. The first kappa shape index (κ1) is 28.9. The Hall–Kier alpha value is -2.33. The van der Waals surface area contributed by atoms with E-state index in [-0.39, 0.29) is 12.2 Å². The number of rotatable bonds is 7. The molecule has 0 unspecified atom stereocenters. The first-order valence-corrected chi connectivity index (χ1v) is 12.1. The first-order valence-electron chi connectivity index (χ1n) is 11.0. The van der Waals surface area contributed by atoms with E-state index in [9.17, 15) is 22.2 Å². The van der Waals surface area contributed by atoms with Gasteiger partial charge in [0.05, 0.1) is 40.4 Å². The lowest BCUT2D eigenvalue weighted by molar-refractivity contribution is -0.143. The molecule has 0 radical (unpaired) electrons. The van der Waals surface area contributed by atoms with Gasteiger partial charge in [-0.1, -0.05) is 17.7 Å². The van der Waals surface area contributed by atoms with Crippen molar-refractivity contribution in [2.75, 3.05) is 6.61 Å². The largest absolute Gasteiger partial charge is 0.466 e. The standard InChI is InChI=1S/C25H30F5NO3S/c1-8-34-19(32)12-18(31-35(33)24(5,6)7)21-22(26)16(11-17(23(21)27)25(28,29)30)20-14(3)9-13(2)10-15(20)4/h9-11,18,31H,8,12H2,1-7H3/t18-,35+/m0/s1. The molecule has 1 N–H and O–H groups in total. The van der Waals surface area contributed by atoms with Gasteiger partial charge in [0, 0.05) is 11.1 Å². The lowest BCUT2D eigenvalue weighted by Gasteiger charge is -2.26. The molecular weight excluding hydrogens is 489 g/mol. The average molecular weight is 520 g/mol. The van der Waals surface area contributed by atoms with Crippen molar-refractivity contribution in [3.8, 4) is 11.1 Å². The Balaban J connectivity index is 2.90. The minimum absolute atomic E-state index is 0.0471. The van der Waals surface area contributed by atoms with Crippen LogP contribution >= 0.6 is 0 Å². The van der Waals surface area contributed by atoms with Crippen LogP contribution in [0.1, 0.15) is 68.0 Å². The van der Waals surface area contributed by atoms with Gasteiger partial charge in [-0.15, -0.1) is 0 Å². The number of hydrogen-bond acceptors (Lipinski definition) is 3. The van der Waals surface area contributed by atoms with Gasteiger partial charge in [-0.3, -0.25) is 4.79 Å². The molecule has 0 saturated heterocycles. The summed E-state index contributed by atoms with van der Waals surface area (Å²) in [5.41, 5.74) is -1.14. The molecule has 0 heterocycles. The van der Waals surface area contributed by atoms with Crippen LogP contribution in [0, 0.1) is 32.4 Å². The number of alkyl halides is 3. The van der Waals surface area contributed by atoms with Crippen LogP contribution in [0.2, 0.25) is 0 Å². The van der Waals surface area contributed by atoms with Gasteiger partial charge in [-0.05, 0) is 71.2 Å². The van der Waals surface area contributed by atoms with Gasteiger partial charge >= 0.3 is 12.1 Å². The van der Waals surface area contributed by atoms with E-state index in [4.69, 9.17) is 4.74 Å². The topological polar surface area (TPSA) is 55.4 Å². The second kappa shape index (κ2) is 10.7. The molecule has 4 nitrogen and oxygen atoms in total. The number of nitrogens with one attached hydrogen (secondary N) is 1. The summed E-state index contributed by atoms with van der Waals surface area (Å²) < 4.78 is 92.2. The zero-order valence-electron chi connectivity index (χ0n) is 20.7. The Bertz CT molecular complexity index is 1120. The summed E-state index contributed by atoms with van der Waals surface area (Å²) in [7, 11) is -1.97. The molecule has 0 bridgehead atoms. The molecule has 2 atom stereocenters. The predicted octanol–water partition coefficient (Wildman–Crippen LogP) is 6.62. The number of halogens is 5. The maximum absolute atomic E-state index is 16.0. The van der Waals surface area contributed by atoms with Gasteiger partial charge in [0.15, 0.2) is 0 Å². The minimum atomic E-state index is -5.15. The van der Waals surface area contributed by atoms with Crippen LogP contribution in [0.15, 0.2) is 18.2 Å². The molecule has 0 saturated carbocycles. The van der Waals surface area contributed by atoms with E-state index in [2.05, 4.69) is 4.72 Å². The van der Waals surface area contributed by atoms with E-state index in [1.807, 2.05) is 0 Å². The number of hydrogen-bond donors (Lipinski definition) is 1. The second-order valence-electron chi connectivity index (χ2n) is 9.35.